The Balaban J connectivity index is 1.66. The lowest BCUT2D eigenvalue weighted by Gasteiger charge is -2.13. The average Bonchev–Trinajstić information content (AvgIpc) is 3.26. The van der Waals surface area contributed by atoms with Crippen LogP contribution in [0.25, 0.3) is 0 Å². The van der Waals surface area contributed by atoms with Crippen LogP contribution >= 0.6 is 0 Å². The van der Waals surface area contributed by atoms with Gasteiger partial charge in [0.1, 0.15) is 23.0 Å². The summed E-state index contributed by atoms with van der Waals surface area (Å²) in [4.78, 5) is 14.7. The standard InChI is InChI=1S/C16H17FN2O4S/c17-13-5-3-12(4-6-13)11-23-16(20)15-9-14(10-18-15)24(21,22)19-7-1-2-8-19/h3-6,9-10,18H,1-2,7-8,11H2. The molecule has 0 saturated carbocycles. The fourth-order valence-corrected chi connectivity index (χ4v) is 4.04. The van der Waals surface area contributed by atoms with Crippen LogP contribution in [0.1, 0.15) is 28.9 Å². The van der Waals surface area contributed by atoms with Gasteiger partial charge >= 0.3 is 5.97 Å². The van der Waals surface area contributed by atoms with Gasteiger partial charge in [0.2, 0.25) is 10.0 Å². The van der Waals surface area contributed by atoms with Gasteiger partial charge in [-0.2, -0.15) is 4.31 Å². The number of hydrogen-bond donors (Lipinski definition) is 1. The van der Waals surface area contributed by atoms with Gasteiger partial charge in [-0.05, 0) is 36.6 Å². The number of ether oxygens (including phenoxy) is 1. The smallest absolute Gasteiger partial charge is 0.355 e. The van der Waals surface area contributed by atoms with Gasteiger partial charge < -0.3 is 9.72 Å². The van der Waals surface area contributed by atoms with Crippen molar-refractivity contribution in [3.63, 3.8) is 0 Å². The van der Waals surface area contributed by atoms with Gasteiger partial charge in [-0.3, -0.25) is 0 Å². The van der Waals surface area contributed by atoms with Gasteiger partial charge in [0.25, 0.3) is 0 Å². The molecule has 0 radical (unpaired) electrons. The SMILES string of the molecule is O=C(OCc1ccc(F)cc1)c1cc(S(=O)(=O)N2CCCC2)c[nH]1. The van der Waals surface area contributed by atoms with Crippen LogP contribution in [0, 0.1) is 5.82 Å². The van der Waals surface area contributed by atoms with Crippen molar-refractivity contribution in [3.8, 4) is 0 Å². The predicted molar refractivity (Wildman–Crippen MR) is 84.3 cm³/mol. The molecule has 2 aromatic rings. The molecule has 8 heteroatoms. The van der Waals surface area contributed by atoms with Crippen molar-refractivity contribution in [2.24, 2.45) is 0 Å². The number of benzene rings is 1. The molecule has 0 amide bonds. The first-order valence-corrected chi connectivity index (χ1v) is 9.01. The van der Waals surface area contributed by atoms with Crippen LogP contribution in [0.3, 0.4) is 0 Å². The Labute approximate surface area is 139 Å². The highest BCUT2D eigenvalue weighted by Gasteiger charge is 2.28. The first-order chi connectivity index (χ1) is 11.5. The minimum atomic E-state index is -3.57. The summed E-state index contributed by atoms with van der Waals surface area (Å²) in [5.74, 6) is -1.03. The third-order valence-electron chi connectivity index (χ3n) is 3.86. The zero-order valence-corrected chi connectivity index (χ0v) is 13.7. The molecule has 1 N–H and O–H groups in total. The maximum Gasteiger partial charge on any atom is 0.355 e. The summed E-state index contributed by atoms with van der Waals surface area (Å²) < 4.78 is 44.1. The summed E-state index contributed by atoms with van der Waals surface area (Å²) in [5, 5.41) is 0. The summed E-state index contributed by atoms with van der Waals surface area (Å²) in [6.07, 6.45) is 2.98. The number of nitrogens with one attached hydrogen (secondary N) is 1. The Kier molecular flexibility index (Phi) is 4.68. The number of carbonyl (C=O) groups excluding carboxylic acids is 1. The summed E-state index contributed by atoms with van der Waals surface area (Å²) in [6, 6.07) is 6.86. The third kappa shape index (κ3) is 3.49. The molecule has 3 rings (SSSR count). The Bertz CT molecular complexity index is 824. The number of rotatable bonds is 5. The van der Waals surface area contributed by atoms with Crippen molar-refractivity contribution in [1.82, 2.24) is 9.29 Å². The lowest BCUT2D eigenvalue weighted by Crippen LogP contribution is -2.27. The van der Waals surface area contributed by atoms with Crippen molar-refractivity contribution in [3.05, 3.63) is 53.6 Å². The fraction of sp³-hybridized carbons (Fsp3) is 0.312. The monoisotopic (exact) mass is 352 g/mol. The first-order valence-electron chi connectivity index (χ1n) is 7.57. The molecule has 2 heterocycles. The molecule has 0 atom stereocenters. The summed E-state index contributed by atoms with van der Waals surface area (Å²) >= 11 is 0. The van der Waals surface area contributed by atoms with Crippen LogP contribution in [0.15, 0.2) is 41.4 Å². The molecule has 0 bridgehead atoms. The Morgan fingerprint density at radius 2 is 1.88 bits per heavy atom. The number of halogens is 1. The summed E-state index contributed by atoms with van der Waals surface area (Å²) in [5.41, 5.74) is 0.705. The van der Waals surface area contributed by atoms with Gasteiger partial charge in [0.15, 0.2) is 0 Å². The Morgan fingerprint density at radius 3 is 2.54 bits per heavy atom. The van der Waals surface area contributed by atoms with E-state index < -0.39 is 16.0 Å². The van der Waals surface area contributed by atoms with E-state index >= 15 is 0 Å². The molecule has 1 aliphatic heterocycles. The van der Waals surface area contributed by atoms with Gasteiger partial charge in [0, 0.05) is 19.3 Å². The van der Waals surface area contributed by atoms with Crippen LogP contribution in [0.5, 0.6) is 0 Å². The van der Waals surface area contributed by atoms with Crippen LogP contribution in [0.2, 0.25) is 0 Å². The zero-order chi connectivity index (χ0) is 17.2. The van der Waals surface area contributed by atoms with Crippen molar-refractivity contribution < 1.29 is 22.3 Å². The number of H-pyrrole nitrogens is 1. The van der Waals surface area contributed by atoms with E-state index in [2.05, 4.69) is 4.98 Å². The van der Waals surface area contributed by atoms with Gasteiger partial charge in [-0.15, -0.1) is 0 Å². The highest BCUT2D eigenvalue weighted by atomic mass is 32.2. The minimum Gasteiger partial charge on any atom is -0.456 e. The molecule has 1 saturated heterocycles. The minimum absolute atomic E-state index is 0.0215. The largest absolute Gasteiger partial charge is 0.456 e. The lowest BCUT2D eigenvalue weighted by atomic mass is 10.2. The van der Waals surface area contributed by atoms with Crippen LogP contribution in [-0.2, 0) is 21.4 Å². The molecule has 1 aliphatic rings. The van der Waals surface area contributed by atoms with Crippen molar-refractivity contribution in [2.75, 3.05) is 13.1 Å². The molecule has 128 valence electrons. The number of hydrogen-bond acceptors (Lipinski definition) is 4. The van der Waals surface area contributed by atoms with E-state index in [1.807, 2.05) is 0 Å². The van der Waals surface area contributed by atoms with Crippen LogP contribution < -0.4 is 0 Å². The highest BCUT2D eigenvalue weighted by Crippen LogP contribution is 2.21. The van der Waals surface area contributed by atoms with E-state index in [1.54, 1.807) is 0 Å². The van der Waals surface area contributed by atoms with E-state index in [4.69, 9.17) is 4.74 Å². The fourth-order valence-electron chi connectivity index (χ4n) is 2.53. The number of aromatic amines is 1. The number of sulfonamides is 1. The quantitative estimate of drug-likeness (QED) is 0.838. The maximum atomic E-state index is 12.8. The van der Waals surface area contributed by atoms with Gasteiger partial charge in [-0.1, -0.05) is 12.1 Å². The summed E-state index contributed by atoms with van der Waals surface area (Å²) in [6.45, 7) is 0.974. The normalized spacial score (nSPS) is 15.5. The molecule has 1 aromatic heterocycles. The van der Waals surface area contributed by atoms with E-state index in [0.29, 0.717) is 18.7 Å². The molecule has 24 heavy (non-hydrogen) atoms. The Morgan fingerprint density at radius 1 is 1.21 bits per heavy atom. The molecular weight excluding hydrogens is 335 g/mol. The molecule has 1 fully saturated rings. The highest BCUT2D eigenvalue weighted by molar-refractivity contribution is 7.89. The van der Waals surface area contributed by atoms with Gasteiger partial charge in [-0.25, -0.2) is 17.6 Å². The third-order valence-corrected chi connectivity index (χ3v) is 5.74. The van der Waals surface area contributed by atoms with Crippen LogP contribution in [-0.4, -0.2) is 36.8 Å². The van der Waals surface area contributed by atoms with E-state index in [1.165, 1.54) is 40.8 Å². The molecule has 6 nitrogen and oxygen atoms in total. The summed E-state index contributed by atoms with van der Waals surface area (Å²) in [7, 11) is -3.57. The number of esters is 1. The molecule has 0 aliphatic carbocycles. The maximum absolute atomic E-state index is 12.8. The molecule has 1 aromatic carbocycles. The topological polar surface area (TPSA) is 79.5 Å². The second-order valence-electron chi connectivity index (χ2n) is 5.56. The molecular formula is C16H17FN2O4S. The predicted octanol–water partition coefficient (Wildman–Crippen LogP) is 2.30. The number of aromatic nitrogens is 1. The van der Waals surface area contributed by atoms with E-state index in [0.717, 1.165) is 12.8 Å². The number of nitrogens with zero attached hydrogens (tertiary/aromatic N) is 1. The molecule has 0 spiro atoms. The van der Waals surface area contributed by atoms with Crippen molar-refractivity contribution in [2.45, 2.75) is 24.3 Å². The number of carbonyl (C=O) groups is 1. The van der Waals surface area contributed by atoms with E-state index in [9.17, 15) is 17.6 Å². The van der Waals surface area contributed by atoms with Crippen molar-refractivity contribution >= 4 is 16.0 Å². The van der Waals surface area contributed by atoms with Crippen molar-refractivity contribution in [1.29, 1.82) is 0 Å². The first kappa shape index (κ1) is 16.7. The second kappa shape index (κ2) is 6.74. The molecule has 0 unspecified atom stereocenters. The second-order valence-corrected chi connectivity index (χ2v) is 7.50. The van der Waals surface area contributed by atoms with E-state index in [-0.39, 0.29) is 23.0 Å². The van der Waals surface area contributed by atoms with Gasteiger partial charge in [0.05, 0.1) is 0 Å². The average molecular weight is 352 g/mol. The lowest BCUT2D eigenvalue weighted by molar-refractivity contribution is 0.0466. The van der Waals surface area contributed by atoms with Crippen LogP contribution in [0.4, 0.5) is 4.39 Å². The zero-order valence-electron chi connectivity index (χ0n) is 12.9. The Hall–Kier alpha value is -2.19.